The van der Waals surface area contributed by atoms with E-state index in [0.717, 1.165) is 0 Å². The first kappa shape index (κ1) is 7.84. The van der Waals surface area contributed by atoms with E-state index in [4.69, 9.17) is 0 Å². The monoisotopic (exact) mass is 159 g/mol. The zero-order valence-electron chi connectivity index (χ0n) is 6.36. The first-order valence-corrected chi connectivity index (χ1v) is 3.19. The third-order valence-corrected chi connectivity index (χ3v) is 1.48. The maximum Gasteiger partial charge on any atom is 0.325 e. The number of nitrogens with zero attached hydrogens (tertiary/aromatic N) is 1. The normalized spacial score (nSPS) is 23.3. The van der Waals surface area contributed by atoms with Crippen LogP contribution in [0.3, 0.4) is 0 Å². The van der Waals surface area contributed by atoms with E-state index in [1.54, 1.807) is 6.92 Å². The van der Waals surface area contributed by atoms with E-state index in [2.05, 4.69) is 9.57 Å². The fourth-order valence-corrected chi connectivity index (χ4v) is 0.843. The van der Waals surface area contributed by atoms with Gasteiger partial charge in [-0.1, -0.05) is 0 Å². The van der Waals surface area contributed by atoms with Crippen LogP contribution in [0.5, 0.6) is 0 Å². The van der Waals surface area contributed by atoms with Crippen molar-refractivity contribution in [2.24, 2.45) is 0 Å². The van der Waals surface area contributed by atoms with Crippen molar-refractivity contribution >= 4 is 11.7 Å². The van der Waals surface area contributed by atoms with Gasteiger partial charge in [0.2, 0.25) is 5.71 Å². The molecule has 5 nitrogen and oxygen atoms in total. The summed E-state index contributed by atoms with van der Waals surface area (Å²) in [5, 5.41) is 10.7. The maximum absolute atomic E-state index is 10.8. The average Bonchev–Trinajstić information content (AvgIpc) is 2.31. The molecule has 0 radical (unpaired) electrons. The Morgan fingerprint density at radius 2 is 2.55 bits per heavy atom. The van der Waals surface area contributed by atoms with Crippen LogP contribution < -0.4 is 0 Å². The van der Waals surface area contributed by atoms with Gasteiger partial charge in [0.05, 0.1) is 13.5 Å². The topological polar surface area (TPSA) is 61.6 Å². The van der Waals surface area contributed by atoms with Crippen LogP contribution in [0, 0.1) is 5.21 Å². The second-order valence-corrected chi connectivity index (χ2v) is 2.31. The van der Waals surface area contributed by atoms with Crippen molar-refractivity contribution in [3.05, 3.63) is 5.21 Å². The number of hydrogen-bond acceptors (Lipinski definition) is 4. The van der Waals surface area contributed by atoms with Crippen molar-refractivity contribution in [2.45, 2.75) is 19.4 Å². The third-order valence-electron chi connectivity index (χ3n) is 1.48. The quantitative estimate of drug-likeness (QED) is 0.394. The Balaban J connectivity index is 2.54. The second kappa shape index (κ2) is 2.77. The number of hydrogen-bond donors (Lipinski definition) is 0. The average molecular weight is 159 g/mol. The maximum atomic E-state index is 10.8. The van der Waals surface area contributed by atoms with E-state index >= 15 is 0 Å². The van der Waals surface area contributed by atoms with Gasteiger partial charge in [-0.3, -0.25) is 10.0 Å². The summed E-state index contributed by atoms with van der Waals surface area (Å²) >= 11 is 0. The number of rotatable bonds is 1. The van der Waals surface area contributed by atoms with Crippen molar-refractivity contribution < 1.29 is 19.3 Å². The molecule has 0 spiro atoms. The minimum absolute atomic E-state index is 0.316. The fraction of sp³-hybridized carbons (Fsp3) is 0.667. The molecule has 0 saturated heterocycles. The SMILES string of the molecule is COC(=O)C1CC(C)=[N+]([O-])O1. The largest absolute Gasteiger partial charge is 0.468 e. The van der Waals surface area contributed by atoms with Gasteiger partial charge >= 0.3 is 5.97 Å². The molecule has 0 N–H and O–H groups in total. The van der Waals surface area contributed by atoms with Crippen LogP contribution in [0.2, 0.25) is 0 Å². The molecule has 0 saturated carbocycles. The van der Waals surface area contributed by atoms with Gasteiger partial charge in [-0.05, 0) is 0 Å². The smallest absolute Gasteiger partial charge is 0.325 e. The molecule has 1 aliphatic heterocycles. The molecule has 0 aromatic rings. The summed E-state index contributed by atoms with van der Waals surface area (Å²) < 4.78 is 4.39. The number of carbonyl (C=O) groups excluding carboxylic acids is 1. The van der Waals surface area contributed by atoms with Crippen molar-refractivity contribution in [1.82, 2.24) is 0 Å². The van der Waals surface area contributed by atoms with Crippen LogP contribution in [-0.4, -0.2) is 29.8 Å². The summed E-state index contributed by atoms with van der Waals surface area (Å²) in [6, 6.07) is 0. The molecule has 0 aromatic heterocycles. The van der Waals surface area contributed by atoms with Crippen LogP contribution in [0.1, 0.15) is 13.3 Å². The Bertz CT molecular complexity index is 197. The lowest BCUT2D eigenvalue weighted by molar-refractivity contribution is -0.737. The van der Waals surface area contributed by atoms with Gasteiger partial charge in [0.1, 0.15) is 0 Å². The van der Waals surface area contributed by atoms with Crippen molar-refractivity contribution in [2.75, 3.05) is 7.11 Å². The Kier molecular flexibility index (Phi) is 1.98. The summed E-state index contributed by atoms with van der Waals surface area (Å²) in [5.74, 6) is -0.511. The van der Waals surface area contributed by atoms with E-state index in [1.807, 2.05) is 0 Å². The lowest BCUT2D eigenvalue weighted by atomic mass is 10.2. The minimum Gasteiger partial charge on any atom is -0.468 e. The molecule has 62 valence electrons. The highest BCUT2D eigenvalue weighted by Crippen LogP contribution is 2.10. The number of methoxy groups -OCH3 is 1. The van der Waals surface area contributed by atoms with Gasteiger partial charge in [0.25, 0.3) is 0 Å². The first-order chi connectivity index (χ1) is 5.15. The number of esters is 1. The highest BCUT2D eigenvalue weighted by Gasteiger charge is 2.30. The van der Waals surface area contributed by atoms with Crippen LogP contribution in [-0.2, 0) is 14.4 Å². The predicted octanol–water partition coefficient (Wildman–Crippen LogP) is -0.165. The van der Waals surface area contributed by atoms with Crippen molar-refractivity contribution in [3.8, 4) is 0 Å². The molecule has 1 rings (SSSR count). The molecule has 0 aromatic carbocycles. The molecule has 0 amide bonds. The van der Waals surface area contributed by atoms with E-state index in [-0.39, 0.29) is 0 Å². The van der Waals surface area contributed by atoms with E-state index < -0.39 is 12.1 Å². The summed E-state index contributed by atoms with van der Waals surface area (Å²) in [6.45, 7) is 1.61. The molecular formula is C6H9NO4. The van der Waals surface area contributed by atoms with Crippen molar-refractivity contribution in [1.29, 1.82) is 0 Å². The van der Waals surface area contributed by atoms with Gasteiger partial charge in [0, 0.05) is 11.8 Å². The summed E-state index contributed by atoms with van der Waals surface area (Å²) in [6.07, 6.45) is -0.437. The molecule has 0 aliphatic carbocycles. The highest BCUT2D eigenvalue weighted by atomic mass is 16.9. The lowest BCUT2D eigenvalue weighted by Crippen LogP contribution is -2.23. The standard InChI is InChI=1S/C6H9NO4/c1-4-3-5(6(8)10-2)11-7(4)9/h5H,3H2,1-2H3. The Morgan fingerprint density at radius 1 is 1.91 bits per heavy atom. The van der Waals surface area contributed by atoms with Crippen LogP contribution >= 0.6 is 0 Å². The van der Waals surface area contributed by atoms with Gasteiger partial charge in [0.15, 0.2) is 6.10 Å². The molecule has 11 heavy (non-hydrogen) atoms. The minimum atomic E-state index is -0.752. The lowest BCUT2D eigenvalue weighted by Gasteiger charge is -2.07. The first-order valence-electron chi connectivity index (χ1n) is 3.19. The summed E-state index contributed by atoms with van der Waals surface area (Å²) in [7, 11) is 1.26. The molecular weight excluding hydrogens is 150 g/mol. The molecule has 0 bridgehead atoms. The molecule has 0 fully saturated rings. The number of carbonyl (C=O) groups is 1. The fourth-order valence-electron chi connectivity index (χ4n) is 0.843. The Hall–Kier alpha value is -1.26. The molecule has 1 aliphatic rings. The van der Waals surface area contributed by atoms with Gasteiger partial charge in [-0.2, -0.15) is 0 Å². The van der Waals surface area contributed by atoms with Crippen LogP contribution in [0.25, 0.3) is 0 Å². The zero-order chi connectivity index (χ0) is 8.43. The summed E-state index contributed by atoms with van der Waals surface area (Å²) in [5.41, 5.74) is 0.486. The molecule has 1 unspecified atom stereocenters. The Morgan fingerprint density at radius 3 is 2.91 bits per heavy atom. The van der Waals surface area contributed by atoms with Gasteiger partial charge in [-0.15, -0.1) is 0 Å². The summed E-state index contributed by atoms with van der Waals surface area (Å²) in [4.78, 5) is 15.7. The molecule has 1 atom stereocenters. The van der Waals surface area contributed by atoms with E-state index in [0.29, 0.717) is 17.0 Å². The number of ether oxygens (including phenoxy) is 1. The van der Waals surface area contributed by atoms with Crippen LogP contribution in [0.4, 0.5) is 0 Å². The predicted molar refractivity (Wildman–Crippen MR) is 35.8 cm³/mol. The van der Waals surface area contributed by atoms with E-state index in [1.165, 1.54) is 7.11 Å². The highest BCUT2D eigenvalue weighted by molar-refractivity contribution is 5.86. The Labute approximate surface area is 63.8 Å². The third kappa shape index (κ3) is 1.42. The van der Waals surface area contributed by atoms with Gasteiger partial charge < -0.3 is 9.57 Å². The van der Waals surface area contributed by atoms with Gasteiger partial charge in [-0.25, -0.2) is 0 Å². The van der Waals surface area contributed by atoms with E-state index in [9.17, 15) is 10.0 Å². The van der Waals surface area contributed by atoms with Crippen LogP contribution in [0.15, 0.2) is 0 Å². The molecule has 1 heterocycles. The van der Waals surface area contributed by atoms with Crippen molar-refractivity contribution in [3.63, 3.8) is 0 Å². The zero-order valence-corrected chi connectivity index (χ0v) is 6.36. The molecule has 5 heteroatoms. The second-order valence-electron chi connectivity index (χ2n) is 2.31.